The van der Waals surface area contributed by atoms with Crippen LogP contribution in [0, 0.1) is 0 Å². The van der Waals surface area contributed by atoms with Crippen LogP contribution in [-0.4, -0.2) is 91.1 Å². The number of piperazine rings is 1. The van der Waals surface area contributed by atoms with E-state index in [0.29, 0.717) is 32.6 Å². The smallest absolute Gasteiger partial charge is 0.242 e. The lowest BCUT2D eigenvalue weighted by molar-refractivity contribution is -0.143. The Morgan fingerprint density at radius 3 is 2.04 bits per heavy atom. The standard InChI is InChI=1S/C14H23N3O5S/c1-11(18)15-4-6-16(7-5-15)14(20)9-17(12(2)19)13-3-8-23(21,22)10-13/h13H,3-10H2,1-2H3. The van der Waals surface area contributed by atoms with Crippen LogP contribution in [0.3, 0.4) is 0 Å². The molecule has 0 saturated carbocycles. The summed E-state index contributed by atoms with van der Waals surface area (Å²) in [4.78, 5) is 40.2. The Hall–Kier alpha value is -1.64. The highest BCUT2D eigenvalue weighted by Crippen LogP contribution is 2.18. The van der Waals surface area contributed by atoms with Crippen LogP contribution in [0.4, 0.5) is 0 Å². The minimum Gasteiger partial charge on any atom is -0.339 e. The van der Waals surface area contributed by atoms with Crippen LogP contribution >= 0.6 is 0 Å². The minimum absolute atomic E-state index is 0.0152. The van der Waals surface area contributed by atoms with Crippen molar-refractivity contribution in [2.45, 2.75) is 26.3 Å². The lowest BCUT2D eigenvalue weighted by Crippen LogP contribution is -2.53. The fourth-order valence-corrected chi connectivity index (χ4v) is 4.77. The third-order valence-electron chi connectivity index (χ3n) is 4.44. The Morgan fingerprint density at radius 2 is 1.61 bits per heavy atom. The SMILES string of the molecule is CC(=O)N1CCN(C(=O)CN(C(C)=O)C2CCS(=O)(=O)C2)CC1. The molecule has 0 aromatic carbocycles. The number of carbonyl (C=O) groups excluding carboxylic acids is 3. The monoisotopic (exact) mass is 345 g/mol. The van der Waals surface area contributed by atoms with Gasteiger partial charge in [0.1, 0.15) is 6.54 Å². The summed E-state index contributed by atoms with van der Waals surface area (Å²) in [6.45, 7) is 4.59. The first-order valence-corrected chi connectivity index (χ1v) is 9.52. The van der Waals surface area contributed by atoms with Gasteiger partial charge in [-0.1, -0.05) is 0 Å². The van der Waals surface area contributed by atoms with Crippen molar-refractivity contribution in [1.82, 2.24) is 14.7 Å². The summed E-state index contributed by atoms with van der Waals surface area (Å²) in [7, 11) is -3.11. The molecule has 2 heterocycles. The van der Waals surface area contributed by atoms with Gasteiger partial charge in [0.25, 0.3) is 0 Å². The van der Waals surface area contributed by atoms with Crippen LogP contribution in [-0.2, 0) is 24.2 Å². The van der Waals surface area contributed by atoms with Gasteiger partial charge < -0.3 is 14.7 Å². The van der Waals surface area contributed by atoms with E-state index in [-0.39, 0.29) is 35.8 Å². The van der Waals surface area contributed by atoms with E-state index in [4.69, 9.17) is 0 Å². The second-order valence-corrected chi connectivity index (χ2v) is 8.32. The summed E-state index contributed by atoms with van der Waals surface area (Å²) in [6.07, 6.45) is 0.382. The van der Waals surface area contributed by atoms with Crippen molar-refractivity contribution in [2.75, 3.05) is 44.2 Å². The molecular weight excluding hydrogens is 322 g/mol. The van der Waals surface area contributed by atoms with Crippen molar-refractivity contribution in [3.05, 3.63) is 0 Å². The summed E-state index contributed by atoms with van der Waals surface area (Å²) < 4.78 is 23.2. The summed E-state index contributed by atoms with van der Waals surface area (Å²) in [5.74, 6) is -0.514. The molecule has 1 unspecified atom stereocenters. The highest BCUT2D eigenvalue weighted by Gasteiger charge is 2.35. The molecule has 23 heavy (non-hydrogen) atoms. The molecule has 2 aliphatic rings. The van der Waals surface area contributed by atoms with E-state index < -0.39 is 15.9 Å². The number of amides is 3. The maximum atomic E-state index is 12.4. The highest BCUT2D eigenvalue weighted by atomic mass is 32.2. The molecule has 8 nitrogen and oxygen atoms in total. The Balaban J connectivity index is 1.94. The van der Waals surface area contributed by atoms with E-state index >= 15 is 0 Å². The maximum absolute atomic E-state index is 12.4. The molecule has 0 bridgehead atoms. The van der Waals surface area contributed by atoms with Crippen LogP contribution in [0.1, 0.15) is 20.3 Å². The van der Waals surface area contributed by atoms with Crippen LogP contribution in [0.25, 0.3) is 0 Å². The zero-order valence-corrected chi connectivity index (χ0v) is 14.3. The third kappa shape index (κ3) is 4.43. The van der Waals surface area contributed by atoms with Crippen LogP contribution in [0.15, 0.2) is 0 Å². The molecule has 0 N–H and O–H groups in total. The Labute approximate surface area is 136 Å². The second-order valence-electron chi connectivity index (χ2n) is 6.09. The molecule has 3 amide bonds. The van der Waals surface area contributed by atoms with Crippen molar-refractivity contribution in [1.29, 1.82) is 0 Å². The molecule has 130 valence electrons. The van der Waals surface area contributed by atoms with Crippen molar-refractivity contribution in [2.24, 2.45) is 0 Å². The average Bonchev–Trinajstić information content (AvgIpc) is 2.84. The quantitative estimate of drug-likeness (QED) is 0.634. The molecule has 0 aromatic heterocycles. The lowest BCUT2D eigenvalue weighted by atomic mass is 10.2. The van der Waals surface area contributed by atoms with Gasteiger partial charge in [0.15, 0.2) is 9.84 Å². The van der Waals surface area contributed by atoms with Crippen molar-refractivity contribution in [3.8, 4) is 0 Å². The van der Waals surface area contributed by atoms with E-state index in [0.717, 1.165) is 0 Å². The fourth-order valence-electron chi connectivity index (χ4n) is 3.04. The number of sulfone groups is 1. The molecule has 2 rings (SSSR count). The minimum atomic E-state index is -3.11. The molecule has 1 atom stereocenters. The zero-order chi connectivity index (χ0) is 17.2. The summed E-state index contributed by atoms with van der Waals surface area (Å²) >= 11 is 0. The largest absolute Gasteiger partial charge is 0.339 e. The molecule has 9 heteroatoms. The molecule has 2 aliphatic heterocycles. The Kier molecular flexibility index (Phi) is 5.28. The molecule has 0 spiro atoms. The van der Waals surface area contributed by atoms with Crippen LogP contribution < -0.4 is 0 Å². The van der Waals surface area contributed by atoms with Gasteiger partial charge in [0.05, 0.1) is 11.5 Å². The van der Waals surface area contributed by atoms with E-state index in [1.54, 1.807) is 9.80 Å². The molecule has 0 radical (unpaired) electrons. The van der Waals surface area contributed by atoms with Gasteiger partial charge in [-0.05, 0) is 6.42 Å². The van der Waals surface area contributed by atoms with Gasteiger partial charge in [-0.2, -0.15) is 0 Å². The topological polar surface area (TPSA) is 95.1 Å². The van der Waals surface area contributed by atoms with Crippen LogP contribution in [0.5, 0.6) is 0 Å². The van der Waals surface area contributed by atoms with Gasteiger partial charge in [-0.3, -0.25) is 14.4 Å². The Morgan fingerprint density at radius 1 is 1.04 bits per heavy atom. The summed E-state index contributed by atoms with van der Waals surface area (Å²) in [5, 5.41) is 0. The molecular formula is C14H23N3O5S. The normalized spacial score (nSPS) is 23.7. The van der Waals surface area contributed by atoms with E-state index in [1.165, 1.54) is 18.7 Å². The highest BCUT2D eigenvalue weighted by molar-refractivity contribution is 7.91. The van der Waals surface area contributed by atoms with Gasteiger partial charge in [0.2, 0.25) is 17.7 Å². The van der Waals surface area contributed by atoms with Crippen molar-refractivity contribution in [3.63, 3.8) is 0 Å². The lowest BCUT2D eigenvalue weighted by Gasteiger charge is -2.36. The molecule has 0 aromatic rings. The van der Waals surface area contributed by atoms with E-state index in [2.05, 4.69) is 0 Å². The van der Waals surface area contributed by atoms with Crippen molar-refractivity contribution < 1.29 is 22.8 Å². The van der Waals surface area contributed by atoms with E-state index in [1.807, 2.05) is 0 Å². The number of hydrogen-bond donors (Lipinski definition) is 0. The maximum Gasteiger partial charge on any atom is 0.242 e. The summed E-state index contributed by atoms with van der Waals surface area (Å²) in [5.41, 5.74) is 0. The first kappa shape index (κ1) is 17.7. The Bertz CT molecular complexity index is 596. The van der Waals surface area contributed by atoms with Crippen molar-refractivity contribution >= 4 is 27.6 Å². The average molecular weight is 345 g/mol. The van der Waals surface area contributed by atoms with Gasteiger partial charge in [-0.15, -0.1) is 0 Å². The molecule has 0 aliphatic carbocycles. The predicted molar refractivity (Wildman–Crippen MR) is 83.3 cm³/mol. The second kappa shape index (κ2) is 6.86. The van der Waals surface area contributed by atoms with Crippen LogP contribution in [0.2, 0.25) is 0 Å². The predicted octanol–water partition coefficient (Wildman–Crippen LogP) is -1.29. The van der Waals surface area contributed by atoms with E-state index in [9.17, 15) is 22.8 Å². The zero-order valence-electron chi connectivity index (χ0n) is 13.5. The first-order chi connectivity index (χ1) is 10.7. The number of nitrogens with zero attached hydrogens (tertiary/aromatic N) is 3. The number of rotatable bonds is 3. The number of carbonyl (C=O) groups is 3. The third-order valence-corrected chi connectivity index (χ3v) is 6.19. The fraction of sp³-hybridized carbons (Fsp3) is 0.786. The molecule has 2 fully saturated rings. The van der Waals surface area contributed by atoms with Gasteiger partial charge in [0, 0.05) is 46.1 Å². The number of hydrogen-bond acceptors (Lipinski definition) is 5. The summed E-state index contributed by atoms with van der Waals surface area (Å²) in [6, 6.07) is -0.417. The van der Waals surface area contributed by atoms with Gasteiger partial charge in [-0.25, -0.2) is 8.42 Å². The first-order valence-electron chi connectivity index (χ1n) is 7.70. The van der Waals surface area contributed by atoms with Gasteiger partial charge >= 0.3 is 0 Å². The molecule has 2 saturated heterocycles.